The molecule has 134 valence electrons. The number of tetrazole rings is 1. The van der Waals surface area contributed by atoms with Gasteiger partial charge in [0, 0.05) is 12.1 Å². The number of carboxylic acids is 1. The molecule has 2 aromatic rings. The summed E-state index contributed by atoms with van der Waals surface area (Å²) in [7, 11) is 0. The van der Waals surface area contributed by atoms with Crippen LogP contribution >= 0.6 is 0 Å². The van der Waals surface area contributed by atoms with Gasteiger partial charge >= 0.3 is 5.97 Å². The van der Waals surface area contributed by atoms with Crippen LogP contribution in [0.15, 0.2) is 23.3 Å². The Labute approximate surface area is 144 Å². The highest BCUT2D eigenvalue weighted by Gasteiger charge is 2.40. The highest BCUT2D eigenvalue weighted by Crippen LogP contribution is 2.38. The Morgan fingerprint density at radius 3 is 2.52 bits per heavy atom. The third-order valence-electron chi connectivity index (χ3n) is 3.80. The maximum atomic E-state index is 11.9. The molecule has 6 N–H and O–H groups in total. The number of rotatable bonds is 6. The van der Waals surface area contributed by atoms with E-state index in [0.29, 0.717) is 18.1 Å². The minimum atomic E-state index is -0.910. The van der Waals surface area contributed by atoms with Gasteiger partial charge in [0.25, 0.3) is 0 Å². The molecular weight excluding hydrogens is 324 g/mol. The lowest BCUT2D eigenvalue weighted by Crippen LogP contribution is -2.35. The van der Waals surface area contributed by atoms with Gasteiger partial charge < -0.3 is 16.6 Å². The fraction of sp³-hybridized carbons (Fsp3) is 0.467. The molecule has 0 bridgehead atoms. The van der Waals surface area contributed by atoms with Crippen LogP contribution in [0.25, 0.3) is 0 Å². The van der Waals surface area contributed by atoms with Crippen molar-refractivity contribution in [1.82, 2.24) is 25.6 Å². The summed E-state index contributed by atoms with van der Waals surface area (Å²) in [4.78, 5) is 19.9. The van der Waals surface area contributed by atoms with E-state index in [1.807, 2.05) is 20.8 Å². The monoisotopic (exact) mass is 346 g/mol. The number of hydrogen-bond acceptors (Lipinski definition) is 6. The van der Waals surface area contributed by atoms with Gasteiger partial charge in [-0.25, -0.2) is 4.98 Å². The number of hydrogen-bond donors (Lipinski definition) is 4. The summed E-state index contributed by atoms with van der Waals surface area (Å²) in [6, 6.07) is 3.46. The second kappa shape index (κ2) is 7.24. The molecule has 2 rings (SSSR count). The second-order valence-corrected chi connectivity index (χ2v) is 6.82. The summed E-state index contributed by atoms with van der Waals surface area (Å²) in [6.45, 7) is 5.62. The van der Waals surface area contributed by atoms with Crippen molar-refractivity contribution in [2.24, 2.45) is 27.8 Å². The Bertz CT molecular complexity index is 730. The first-order chi connectivity index (χ1) is 11.7. The van der Waals surface area contributed by atoms with E-state index in [2.05, 4.69) is 30.6 Å². The van der Waals surface area contributed by atoms with Gasteiger partial charge in [-0.05, 0) is 23.5 Å². The lowest BCUT2D eigenvalue weighted by molar-refractivity contribution is -0.146. The van der Waals surface area contributed by atoms with Crippen molar-refractivity contribution in [3.05, 3.63) is 29.7 Å². The minimum absolute atomic E-state index is 0.0800. The molecule has 0 aliphatic heterocycles. The van der Waals surface area contributed by atoms with E-state index in [1.54, 1.807) is 18.3 Å². The molecule has 0 radical (unpaired) electrons. The summed E-state index contributed by atoms with van der Waals surface area (Å²) < 4.78 is 0. The topological polar surface area (TPSA) is 169 Å². The SMILES string of the molecule is CC(C)(C)[C@H](C(=O)O)[C@H](Cc1ccc(N=C(N)N)nc1)c1nn[nH]n1. The number of aromatic nitrogens is 5. The van der Waals surface area contributed by atoms with Crippen LogP contribution in [0.4, 0.5) is 5.82 Å². The van der Waals surface area contributed by atoms with Crippen LogP contribution in [-0.2, 0) is 11.2 Å². The van der Waals surface area contributed by atoms with Gasteiger partial charge in [0.2, 0.25) is 0 Å². The summed E-state index contributed by atoms with van der Waals surface area (Å²) in [6.07, 6.45) is 2.00. The Balaban J connectivity index is 2.34. The predicted octanol–water partition coefficient (Wildman–Crippen LogP) is 0.573. The maximum Gasteiger partial charge on any atom is 0.307 e. The summed E-state index contributed by atoms with van der Waals surface area (Å²) in [5, 5.41) is 23.7. The number of aliphatic carboxylic acids is 1. The van der Waals surface area contributed by atoms with Gasteiger partial charge in [0.1, 0.15) is 0 Å². The molecule has 10 heteroatoms. The molecule has 0 saturated carbocycles. The van der Waals surface area contributed by atoms with Gasteiger partial charge in [-0.1, -0.05) is 32.1 Å². The fourth-order valence-corrected chi connectivity index (χ4v) is 2.82. The smallest absolute Gasteiger partial charge is 0.307 e. The first-order valence-corrected chi connectivity index (χ1v) is 7.69. The van der Waals surface area contributed by atoms with Gasteiger partial charge in [-0.15, -0.1) is 10.2 Å². The molecule has 10 nitrogen and oxygen atoms in total. The van der Waals surface area contributed by atoms with Crippen molar-refractivity contribution in [3.63, 3.8) is 0 Å². The standard InChI is InChI=1S/C15H22N8O2/c1-15(2,3)11(13(24)25)9(12-20-22-23-21-12)6-8-4-5-10(18-7-8)19-14(16)17/h4-5,7,9,11H,6H2,1-3H3,(H,24,25)(H4,16,17,18,19)(H,20,21,22,23)/t9-,11-/m0/s1. The van der Waals surface area contributed by atoms with Crippen molar-refractivity contribution < 1.29 is 9.90 Å². The van der Waals surface area contributed by atoms with Crippen LogP contribution in [-0.4, -0.2) is 42.6 Å². The Kier molecular flexibility index (Phi) is 5.30. The molecule has 0 aromatic carbocycles. The van der Waals surface area contributed by atoms with Crippen molar-refractivity contribution in [2.75, 3.05) is 0 Å². The number of nitrogens with zero attached hydrogens (tertiary/aromatic N) is 5. The van der Waals surface area contributed by atoms with E-state index in [0.717, 1.165) is 5.56 Å². The lowest BCUT2D eigenvalue weighted by atomic mass is 9.71. The van der Waals surface area contributed by atoms with Crippen molar-refractivity contribution >= 4 is 17.7 Å². The van der Waals surface area contributed by atoms with E-state index < -0.39 is 23.2 Å². The molecule has 0 spiro atoms. The zero-order valence-electron chi connectivity index (χ0n) is 14.3. The van der Waals surface area contributed by atoms with Crippen LogP contribution in [0.3, 0.4) is 0 Å². The van der Waals surface area contributed by atoms with Gasteiger partial charge in [0.15, 0.2) is 17.6 Å². The molecule has 2 aromatic heterocycles. The molecular formula is C15H22N8O2. The van der Waals surface area contributed by atoms with E-state index in [-0.39, 0.29) is 5.96 Å². The number of carbonyl (C=O) groups is 1. The van der Waals surface area contributed by atoms with Gasteiger partial charge in [-0.2, -0.15) is 10.2 Å². The van der Waals surface area contributed by atoms with E-state index in [9.17, 15) is 9.90 Å². The number of carboxylic acid groups (broad SMARTS) is 1. The van der Waals surface area contributed by atoms with Crippen LogP contribution < -0.4 is 11.5 Å². The Morgan fingerprint density at radius 1 is 1.36 bits per heavy atom. The number of pyridine rings is 1. The average molecular weight is 346 g/mol. The van der Waals surface area contributed by atoms with Crippen molar-refractivity contribution in [1.29, 1.82) is 0 Å². The zero-order valence-corrected chi connectivity index (χ0v) is 14.3. The highest BCUT2D eigenvalue weighted by molar-refractivity contribution is 5.78. The highest BCUT2D eigenvalue weighted by atomic mass is 16.4. The fourth-order valence-electron chi connectivity index (χ4n) is 2.82. The third-order valence-corrected chi connectivity index (χ3v) is 3.80. The number of nitrogens with one attached hydrogen (secondary N) is 1. The van der Waals surface area contributed by atoms with Gasteiger partial charge in [0.05, 0.1) is 5.92 Å². The predicted molar refractivity (Wildman–Crippen MR) is 90.9 cm³/mol. The third kappa shape index (κ3) is 4.72. The molecule has 0 amide bonds. The van der Waals surface area contributed by atoms with E-state index >= 15 is 0 Å². The lowest BCUT2D eigenvalue weighted by Gasteiger charge is -2.32. The van der Waals surface area contributed by atoms with Crippen molar-refractivity contribution in [3.8, 4) is 0 Å². The van der Waals surface area contributed by atoms with E-state index in [1.165, 1.54) is 0 Å². The first-order valence-electron chi connectivity index (χ1n) is 7.69. The number of nitrogens with two attached hydrogens (primary N) is 2. The molecule has 0 aliphatic carbocycles. The first kappa shape index (κ1) is 18.3. The largest absolute Gasteiger partial charge is 0.481 e. The van der Waals surface area contributed by atoms with Crippen LogP contribution in [0, 0.1) is 11.3 Å². The number of aliphatic imine (C=N–C) groups is 1. The summed E-state index contributed by atoms with van der Waals surface area (Å²) in [5.41, 5.74) is 11.0. The second-order valence-electron chi connectivity index (χ2n) is 6.82. The molecule has 0 unspecified atom stereocenters. The molecule has 25 heavy (non-hydrogen) atoms. The average Bonchev–Trinajstić information content (AvgIpc) is 3.00. The maximum absolute atomic E-state index is 11.9. The molecule has 0 saturated heterocycles. The minimum Gasteiger partial charge on any atom is -0.481 e. The number of aromatic amines is 1. The summed E-state index contributed by atoms with van der Waals surface area (Å²) >= 11 is 0. The normalized spacial score (nSPS) is 13.9. The van der Waals surface area contributed by atoms with Crippen LogP contribution in [0.1, 0.15) is 38.1 Å². The molecule has 2 atom stereocenters. The number of guanidine groups is 1. The van der Waals surface area contributed by atoms with Crippen molar-refractivity contribution in [2.45, 2.75) is 33.1 Å². The zero-order chi connectivity index (χ0) is 18.6. The molecule has 0 aliphatic rings. The molecule has 0 fully saturated rings. The van der Waals surface area contributed by atoms with Crippen LogP contribution in [0.5, 0.6) is 0 Å². The summed E-state index contributed by atoms with van der Waals surface area (Å²) in [5.74, 6) is -1.42. The van der Waals surface area contributed by atoms with E-state index in [4.69, 9.17) is 11.5 Å². The quantitative estimate of drug-likeness (QED) is 0.434. The van der Waals surface area contributed by atoms with Crippen LogP contribution in [0.2, 0.25) is 0 Å². The number of H-pyrrole nitrogens is 1. The van der Waals surface area contributed by atoms with Gasteiger partial charge in [-0.3, -0.25) is 4.79 Å². The Hall–Kier alpha value is -3.04. The molecule has 2 heterocycles. The Morgan fingerprint density at radius 2 is 2.08 bits per heavy atom.